The molecule has 0 unspecified atom stereocenters. The molecule has 1 aromatic heterocycles. The van der Waals surface area contributed by atoms with Gasteiger partial charge in [0.1, 0.15) is 0 Å². The second-order valence-electron chi connectivity index (χ2n) is 4.19. The molecule has 0 fully saturated rings. The lowest BCUT2D eigenvalue weighted by molar-refractivity contribution is -0.120. The highest BCUT2D eigenvalue weighted by Gasteiger charge is 2.19. The first kappa shape index (κ1) is 15.3. The highest BCUT2D eigenvalue weighted by Crippen LogP contribution is 2.26. The summed E-state index contributed by atoms with van der Waals surface area (Å²) in [5.74, 6) is -0.233. The maximum absolute atomic E-state index is 12.1. The smallest absolute Gasteiger partial charge is 0.231 e. The number of thiazole rings is 1. The van der Waals surface area contributed by atoms with Crippen LogP contribution in [0.1, 0.15) is 18.1 Å². The lowest BCUT2D eigenvalue weighted by Gasteiger charge is -2.17. The fraction of sp³-hybridized carbons (Fsp3) is 0.231. The number of halogens is 2. The molecular formula is C13H12Cl2N2O2S. The summed E-state index contributed by atoms with van der Waals surface area (Å²) in [5, 5.41) is 13.3. The molecule has 2 rings (SSSR count). The van der Waals surface area contributed by atoms with Gasteiger partial charge in [-0.2, -0.15) is 0 Å². The summed E-state index contributed by atoms with van der Waals surface area (Å²) >= 11 is 13.1. The predicted octanol–water partition coefficient (Wildman–Crippen LogP) is 3.54. The van der Waals surface area contributed by atoms with Gasteiger partial charge in [-0.15, -0.1) is 11.3 Å². The molecule has 0 spiro atoms. The van der Waals surface area contributed by atoms with Crippen LogP contribution in [0, 0.1) is 0 Å². The van der Waals surface area contributed by atoms with E-state index in [9.17, 15) is 9.90 Å². The van der Waals surface area contributed by atoms with Gasteiger partial charge in [0.25, 0.3) is 0 Å². The molecule has 7 heteroatoms. The van der Waals surface area contributed by atoms with Gasteiger partial charge < -0.3 is 5.11 Å². The van der Waals surface area contributed by atoms with Crippen LogP contribution < -0.4 is 4.90 Å². The molecule has 0 aliphatic heterocycles. The van der Waals surface area contributed by atoms with E-state index < -0.39 is 6.10 Å². The van der Waals surface area contributed by atoms with E-state index in [0.717, 1.165) is 0 Å². The third kappa shape index (κ3) is 3.70. The number of aliphatic hydroxyl groups excluding tert-OH is 1. The molecule has 0 aliphatic carbocycles. The Morgan fingerprint density at radius 1 is 1.40 bits per heavy atom. The van der Waals surface area contributed by atoms with Crippen LogP contribution in [-0.2, 0) is 4.79 Å². The Kier molecular flexibility index (Phi) is 4.99. The number of anilines is 1. The van der Waals surface area contributed by atoms with Crippen molar-refractivity contribution in [3.63, 3.8) is 0 Å². The molecule has 20 heavy (non-hydrogen) atoms. The summed E-state index contributed by atoms with van der Waals surface area (Å²) < 4.78 is 0. The second-order valence-corrected chi connectivity index (χ2v) is 5.94. The maximum Gasteiger partial charge on any atom is 0.231 e. The maximum atomic E-state index is 12.1. The van der Waals surface area contributed by atoms with Gasteiger partial charge in [0, 0.05) is 28.7 Å². The largest absolute Gasteiger partial charge is 0.388 e. The van der Waals surface area contributed by atoms with Crippen LogP contribution in [0.3, 0.4) is 0 Å². The SMILES string of the molecule is CN(C(=O)C[C@H](O)c1cc(Cl)cc(Cl)c1)c1nccs1. The number of amides is 1. The van der Waals surface area contributed by atoms with Gasteiger partial charge in [-0.05, 0) is 23.8 Å². The van der Waals surface area contributed by atoms with E-state index in [-0.39, 0.29) is 12.3 Å². The molecule has 1 heterocycles. The summed E-state index contributed by atoms with van der Waals surface area (Å²) in [4.78, 5) is 17.5. The van der Waals surface area contributed by atoms with Crippen LogP contribution >= 0.6 is 34.5 Å². The molecule has 1 amide bonds. The number of carbonyl (C=O) groups is 1. The normalized spacial score (nSPS) is 12.2. The Labute approximate surface area is 130 Å². The van der Waals surface area contributed by atoms with Crippen molar-refractivity contribution in [3.8, 4) is 0 Å². The van der Waals surface area contributed by atoms with Crippen LogP contribution in [0.15, 0.2) is 29.8 Å². The van der Waals surface area contributed by atoms with Gasteiger partial charge in [-0.1, -0.05) is 23.2 Å². The monoisotopic (exact) mass is 330 g/mol. The minimum absolute atomic E-state index is 0.0627. The zero-order valence-corrected chi connectivity index (χ0v) is 12.9. The quantitative estimate of drug-likeness (QED) is 0.932. The van der Waals surface area contributed by atoms with Crippen LogP contribution in [-0.4, -0.2) is 23.0 Å². The van der Waals surface area contributed by atoms with E-state index in [2.05, 4.69) is 4.98 Å². The first-order chi connectivity index (χ1) is 9.47. The molecule has 0 aliphatic rings. The van der Waals surface area contributed by atoms with Crippen molar-refractivity contribution in [2.75, 3.05) is 11.9 Å². The van der Waals surface area contributed by atoms with Crippen molar-refractivity contribution >= 4 is 45.6 Å². The number of nitrogens with zero attached hydrogens (tertiary/aromatic N) is 2. The zero-order valence-electron chi connectivity index (χ0n) is 10.6. The van der Waals surface area contributed by atoms with E-state index in [1.807, 2.05) is 0 Å². The Bertz CT molecular complexity index is 584. The first-order valence-electron chi connectivity index (χ1n) is 5.77. The lowest BCUT2D eigenvalue weighted by atomic mass is 10.1. The van der Waals surface area contributed by atoms with Crippen molar-refractivity contribution in [3.05, 3.63) is 45.4 Å². The highest BCUT2D eigenvalue weighted by atomic mass is 35.5. The first-order valence-corrected chi connectivity index (χ1v) is 7.41. The summed E-state index contributed by atoms with van der Waals surface area (Å²) in [7, 11) is 1.62. The fourth-order valence-electron chi connectivity index (χ4n) is 1.68. The van der Waals surface area contributed by atoms with E-state index in [1.165, 1.54) is 16.2 Å². The van der Waals surface area contributed by atoms with Crippen molar-refractivity contribution in [2.24, 2.45) is 0 Å². The standard InChI is InChI=1S/C13H12Cl2N2O2S/c1-17(13-16-2-3-20-13)12(19)7-11(18)8-4-9(14)6-10(15)5-8/h2-6,11,18H,7H2,1H3/t11-/m0/s1. The Morgan fingerprint density at radius 2 is 2.05 bits per heavy atom. The highest BCUT2D eigenvalue weighted by molar-refractivity contribution is 7.13. The van der Waals surface area contributed by atoms with Crippen molar-refractivity contribution in [1.29, 1.82) is 0 Å². The van der Waals surface area contributed by atoms with Gasteiger partial charge in [0.05, 0.1) is 12.5 Å². The molecular weight excluding hydrogens is 319 g/mol. The number of benzene rings is 1. The Balaban J connectivity index is 2.07. The van der Waals surface area contributed by atoms with Crippen LogP contribution in [0.5, 0.6) is 0 Å². The van der Waals surface area contributed by atoms with E-state index in [4.69, 9.17) is 23.2 Å². The average Bonchev–Trinajstić information content (AvgIpc) is 2.90. The van der Waals surface area contributed by atoms with Gasteiger partial charge in [-0.3, -0.25) is 9.69 Å². The van der Waals surface area contributed by atoms with Crippen LogP contribution in [0.2, 0.25) is 10.0 Å². The Hall–Kier alpha value is -1.14. The van der Waals surface area contributed by atoms with Crippen molar-refractivity contribution < 1.29 is 9.90 Å². The molecule has 0 saturated carbocycles. The van der Waals surface area contributed by atoms with Gasteiger partial charge in [0.15, 0.2) is 5.13 Å². The molecule has 0 radical (unpaired) electrons. The molecule has 0 saturated heterocycles. The predicted molar refractivity (Wildman–Crippen MR) is 81.6 cm³/mol. The Morgan fingerprint density at radius 3 is 2.60 bits per heavy atom. The average molecular weight is 331 g/mol. The summed E-state index contributed by atoms with van der Waals surface area (Å²) in [6, 6.07) is 4.76. The third-order valence-corrected chi connectivity index (χ3v) is 4.00. The van der Waals surface area contributed by atoms with E-state index in [0.29, 0.717) is 20.7 Å². The number of aliphatic hydroxyl groups is 1. The minimum Gasteiger partial charge on any atom is -0.388 e. The number of rotatable bonds is 4. The third-order valence-electron chi connectivity index (χ3n) is 2.72. The molecule has 1 aromatic carbocycles. The summed E-state index contributed by atoms with van der Waals surface area (Å²) in [6.07, 6.45) is 0.602. The summed E-state index contributed by atoms with van der Waals surface area (Å²) in [5.41, 5.74) is 0.517. The summed E-state index contributed by atoms with van der Waals surface area (Å²) in [6.45, 7) is 0. The number of hydrogen-bond donors (Lipinski definition) is 1. The van der Waals surface area contributed by atoms with Crippen LogP contribution in [0.25, 0.3) is 0 Å². The molecule has 4 nitrogen and oxygen atoms in total. The van der Waals surface area contributed by atoms with Gasteiger partial charge in [0.2, 0.25) is 5.91 Å². The topological polar surface area (TPSA) is 53.4 Å². The molecule has 1 atom stereocenters. The molecule has 2 aromatic rings. The van der Waals surface area contributed by atoms with Gasteiger partial charge in [-0.25, -0.2) is 4.98 Å². The number of aromatic nitrogens is 1. The molecule has 0 bridgehead atoms. The number of hydrogen-bond acceptors (Lipinski definition) is 4. The van der Waals surface area contributed by atoms with Crippen LogP contribution in [0.4, 0.5) is 5.13 Å². The zero-order chi connectivity index (χ0) is 14.7. The lowest BCUT2D eigenvalue weighted by Crippen LogP contribution is -2.27. The van der Waals surface area contributed by atoms with E-state index in [1.54, 1.807) is 36.8 Å². The molecule has 1 N–H and O–H groups in total. The van der Waals surface area contributed by atoms with Gasteiger partial charge >= 0.3 is 0 Å². The fourth-order valence-corrected chi connectivity index (χ4v) is 2.84. The minimum atomic E-state index is -0.957. The number of carbonyl (C=O) groups excluding carboxylic acids is 1. The van der Waals surface area contributed by atoms with Crippen molar-refractivity contribution in [2.45, 2.75) is 12.5 Å². The second kappa shape index (κ2) is 6.54. The van der Waals surface area contributed by atoms with Crippen molar-refractivity contribution in [1.82, 2.24) is 4.98 Å². The van der Waals surface area contributed by atoms with E-state index >= 15 is 0 Å². The molecule has 106 valence electrons.